The normalized spacial score (nSPS) is 11.8. The molecule has 98 valence electrons. The van der Waals surface area contributed by atoms with E-state index in [1.54, 1.807) is 0 Å². The molecule has 0 radical (unpaired) electrons. The van der Waals surface area contributed by atoms with Crippen molar-refractivity contribution >= 4 is 40.7 Å². The van der Waals surface area contributed by atoms with Gasteiger partial charge in [-0.3, -0.25) is 9.59 Å². The highest BCUT2D eigenvalue weighted by molar-refractivity contribution is 6.40. The van der Waals surface area contributed by atoms with Crippen molar-refractivity contribution in [3.8, 4) is 0 Å². The number of amides is 2. The number of benzene rings is 1. The minimum absolute atomic E-state index is 0.0498. The summed E-state index contributed by atoms with van der Waals surface area (Å²) in [7, 11) is 0. The van der Waals surface area contributed by atoms with Crippen LogP contribution < -0.4 is 10.6 Å². The van der Waals surface area contributed by atoms with Crippen LogP contribution in [0.15, 0.2) is 18.2 Å². The molecule has 0 aromatic heterocycles. The topological polar surface area (TPSA) is 58.2 Å². The maximum absolute atomic E-state index is 11.6. The Hall–Kier alpha value is -1.26. The van der Waals surface area contributed by atoms with E-state index in [-0.39, 0.29) is 6.04 Å². The second kappa shape index (κ2) is 6.61. The third-order valence-electron chi connectivity index (χ3n) is 2.32. The van der Waals surface area contributed by atoms with Crippen molar-refractivity contribution in [1.29, 1.82) is 0 Å². The SMILES string of the molecule is CCC(C)NC(=O)C(=O)Nc1cc(Cl)cc(Cl)c1. The second-order valence-corrected chi connectivity index (χ2v) is 4.77. The van der Waals surface area contributed by atoms with E-state index in [1.165, 1.54) is 18.2 Å². The molecule has 0 aliphatic carbocycles. The van der Waals surface area contributed by atoms with E-state index in [0.717, 1.165) is 6.42 Å². The van der Waals surface area contributed by atoms with Crippen molar-refractivity contribution in [3.63, 3.8) is 0 Å². The van der Waals surface area contributed by atoms with E-state index in [1.807, 2.05) is 13.8 Å². The second-order valence-electron chi connectivity index (χ2n) is 3.90. The lowest BCUT2D eigenvalue weighted by Crippen LogP contribution is -2.40. The number of hydrogen-bond acceptors (Lipinski definition) is 2. The molecule has 4 nitrogen and oxygen atoms in total. The summed E-state index contributed by atoms with van der Waals surface area (Å²) >= 11 is 11.6. The quantitative estimate of drug-likeness (QED) is 0.841. The molecule has 1 aromatic rings. The van der Waals surface area contributed by atoms with E-state index >= 15 is 0 Å². The van der Waals surface area contributed by atoms with Crippen LogP contribution in [0.25, 0.3) is 0 Å². The third-order valence-corrected chi connectivity index (χ3v) is 2.75. The van der Waals surface area contributed by atoms with Crippen molar-refractivity contribution < 1.29 is 9.59 Å². The predicted octanol–water partition coefficient (Wildman–Crippen LogP) is 2.85. The molecule has 0 aliphatic heterocycles. The Morgan fingerprint density at radius 2 is 1.72 bits per heavy atom. The van der Waals surface area contributed by atoms with Crippen LogP contribution in [0.2, 0.25) is 10.0 Å². The number of halogens is 2. The molecule has 2 amide bonds. The van der Waals surface area contributed by atoms with E-state index in [0.29, 0.717) is 15.7 Å². The Morgan fingerprint density at radius 1 is 1.17 bits per heavy atom. The lowest BCUT2D eigenvalue weighted by Gasteiger charge is -2.11. The molecule has 1 rings (SSSR count). The first-order chi connectivity index (χ1) is 8.42. The zero-order valence-electron chi connectivity index (χ0n) is 10.1. The Morgan fingerprint density at radius 3 is 2.22 bits per heavy atom. The van der Waals surface area contributed by atoms with Crippen LogP contribution >= 0.6 is 23.2 Å². The average Bonchev–Trinajstić information content (AvgIpc) is 2.27. The third kappa shape index (κ3) is 4.55. The summed E-state index contributed by atoms with van der Waals surface area (Å²) in [6, 6.07) is 4.52. The largest absolute Gasteiger partial charge is 0.345 e. The van der Waals surface area contributed by atoms with E-state index in [4.69, 9.17) is 23.2 Å². The molecule has 0 saturated heterocycles. The summed E-state index contributed by atoms with van der Waals surface area (Å²) in [6.45, 7) is 3.74. The fourth-order valence-electron chi connectivity index (χ4n) is 1.21. The van der Waals surface area contributed by atoms with Gasteiger partial charge in [-0.1, -0.05) is 30.1 Å². The summed E-state index contributed by atoms with van der Waals surface area (Å²) in [5.41, 5.74) is 0.386. The highest BCUT2D eigenvalue weighted by atomic mass is 35.5. The number of nitrogens with one attached hydrogen (secondary N) is 2. The lowest BCUT2D eigenvalue weighted by atomic mass is 10.2. The van der Waals surface area contributed by atoms with Gasteiger partial charge in [-0.05, 0) is 31.5 Å². The molecule has 2 N–H and O–H groups in total. The van der Waals surface area contributed by atoms with Crippen LogP contribution in [0.5, 0.6) is 0 Å². The van der Waals surface area contributed by atoms with Gasteiger partial charge in [-0.25, -0.2) is 0 Å². The van der Waals surface area contributed by atoms with Gasteiger partial charge in [-0.2, -0.15) is 0 Å². The lowest BCUT2D eigenvalue weighted by molar-refractivity contribution is -0.136. The van der Waals surface area contributed by atoms with Crippen LogP contribution in [0, 0.1) is 0 Å². The molecule has 0 bridgehead atoms. The van der Waals surface area contributed by atoms with Crippen molar-refractivity contribution in [1.82, 2.24) is 5.32 Å². The summed E-state index contributed by atoms with van der Waals surface area (Å²) in [4.78, 5) is 23.1. The van der Waals surface area contributed by atoms with Gasteiger partial charge in [0.15, 0.2) is 0 Å². The average molecular weight is 289 g/mol. The van der Waals surface area contributed by atoms with Gasteiger partial charge in [0.1, 0.15) is 0 Å². The Balaban J connectivity index is 2.66. The monoisotopic (exact) mass is 288 g/mol. The molecule has 0 saturated carbocycles. The van der Waals surface area contributed by atoms with E-state index in [9.17, 15) is 9.59 Å². The first kappa shape index (κ1) is 14.8. The Kier molecular flexibility index (Phi) is 5.44. The zero-order chi connectivity index (χ0) is 13.7. The van der Waals surface area contributed by atoms with Gasteiger partial charge in [0, 0.05) is 21.8 Å². The van der Waals surface area contributed by atoms with Crippen LogP contribution in [0.3, 0.4) is 0 Å². The van der Waals surface area contributed by atoms with E-state index < -0.39 is 11.8 Å². The number of hydrogen-bond donors (Lipinski definition) is 2. The van der Waals surface area contributed by atoms with Crippen LogP contribution in [-0.2, 0) is 9.59 Å². The van der Waals surface area contributed by atoms with Gasteiger partial charge in [0.25, 0.3) is 0 Å². The molecular weight excluding hydrogens is 275 g/mol. The van der Waals surface area contributed by atoms with Gasteiger partial charge in [0.05, 0.1) is 0 Å². The summed E-state index contributed by atoms with van der Waals surface area (Å²) in [5.74, 6) is -1.42. The Bertz CT molecular complexity index is 443. The van der Waals surface area contributed by atoms with Crippen LogP contribution in [0.4, 0.5) is 5.69 Å². The van der Waals surface area contributed by atoms with Gasteiger partial charge in [-0.15, -0.1) is 0 Å². The molecule has 18 heavy (non-hydrogen) atoms. The summed E-state index contributed by atoms with van der Waals surface area (Å²) in [5, 5.41) is 5.77. The number of anilines is 1. The maximum atomic E-state index is 11.6. The molecule has 0 fully saturated rings. The fraction of sp³-hybridized carbons (Fsp3) is 0.333. The molecule has 1 atom stereocenters. The first-order valence-corrected chi connectivity index (χ1v) is 6.26. The molecule has 0 spiro atoms. The number of rotatable bonds is 3. The molecule has 0 aliphatic rings. The first-order valence-electron chi connectivity index (χ1n) is 5.50. The zero-order valence-corrected chi connectivity index (χ0v) is 11.6. The molecule has 1 aromatic carbocycles. The van der Waals surface area contributed by atoms with E-state index in [2.05, 4.69) is 10.6 Å². The number of carbonyl (C=O) groups is 2. The van der Waals surface area contributed by atoms with Gasteiger partial charge in [0.2, 0.25) is 0 Å². The smallest absolute Gasteiger partial charge is 0.313 e. The van der Waals surface area contributed by atoms with Crippen molar-refractivity contribution in [2.75, 3.05) is 5.32 Å². The highest BCUT2D eigenvalue weighted by Crippen LogP contribution is 2.22. The fourth-order valence-corrected chi connectivity index (χ4v) is 1.73. The minimum Gasteiger partial charge on any atom is -0.345 e. The Labute approximate surface area is 116 Å². The van der Waals surface area contributed by atoms with Crippen molar-refractivity contribution in [2.45, 2.75) is 26.3 Å². The maximum Gasteiger partial charge on any atom is 0.313 e. The van der Waals surface area contributed by atoms with Gasteiger partial charge < -0.3 is 10.6 Å². The van der Waals surface area contributed by atoms with Gasteiger partial charge >= 0.3 is 11.8 Å². The molecule has 6 heteroatoms. The summed E-state index contributed by atoms with van der Waals surface area (Å²) < 4.78 is 0. The standard InChI is InChI=1S/C12H14Cl2N2O2/c1-3-7(2)15-11(17)12(18)16-10-5-8(13)4-9(14)6-10/h4-7H,3H2,1-2H3,(H,15,17)(H,16,18). The molecule has 0 heterocycles. The van der Waals surface area contributed by atoms with Crippen molar-refractivity contribution in [2.24, 2.45) is 0 Å². The van der Waals surface area contributed by atoms with Crippen molar-refractivity contribution in [3.05, 3.63) is 28.2 Å². The summed E-state index contributed by atoms with van der Waals surface area (Å²) in [6.07, 6.45) is 0.752. The van der Waals surface area contributed by atoms with Crippen LogP contribution in [0.1, 0.15) is 20.3 Å². The predicted molar refractivity (Wildman–Crippen MR) is 73.0 cm³/mol. The highest BCUT2D eigenvalue weighted by Gasteiger charge is 2.15. The van der Waals surface area contributed by atoms with Crippen LogP contribution in [-0.4, -0.2) is 17.9 Å². The molecular formula is C12H14Cl2N2O2. The minimum atomic E-state index is -0.742. The number of carbonyl (C=O) groups excluding carboxylic acids is 2. The molecule has 1 unspecified atom stereocenters.